The van der Waals surface area contributed by atoms with Crippen LogP contribution in [-0.4, -0.2) is 11.8 Å². The predicted molar refractivity (Wildman–Crippen MR) is 116 cm³/mol. The zero-order valence-electron chi connectivity index (χ0n) is 16.5. The average Bonchev–Trinajstić information content (AvgIpc) is 3.57. The SMILES string of the molecule is Cc1ccc(NC(=O)C2(C(=O)N(Cc3ccccc3)c3ccccc3)CC2)cc1. The van der Waals surface area contributed by atoms with E-state index in [1.165, 1.54) is 0 Å². The molecule has 3 aromatic rings. The number of rotatable bonds is 6. The summed E-state index contributed by atoms with van der Waals surface area (Å²) in [4.78, 5) is 28.4. The van der Waals surface area contributed by atoms with Gasteiger partial charge in [-0.05, 0) is 49.6 Å². The molecule has 4 heteroatoms. The van der Waals surface area contributed by atoms with E-state index in [-0.39, 0.29) is 11.8 Å². The van der Waals surface area contributed by atoms with Crippen LogP contribution in [0.4, 0.5) is 11.4 Å². The first kappa shape index (κ1) is 18.9. The predicted octanol–water partition coefficient (Wildman–Crippen LogP) is 4.95. The van der Waals surface area contributed by atoms with Gasteiger partial charge in [-0.2, -0.15) is 0 Å². The molecule has 2 amide bonds. The summed E-state index contributed by atoms with van der Waals surface area (Å²) in [6.45, 7) is 2.43. The first-order valence-corrected chi connectivity index (χ1v) is 9.88. The summed E-state index contributed by atoms with van der Waals surface area (Å²) in [6.07, 6.45) is 1.14. The molecule has 29 heavy (non-hydrogen) atoms. The third-order valence-corrected chi connectivity index (χ3v) is 5.40. The van der Waals surface area contributed by atoms with E-state index >= 15 is 0 Å². The Bertz CT molecular complexity index is 994. The lowest BCUT2D eigenvalue weighted by molar-refractivity contribution is -0.132. The molecule has 1 N–H and O–H groups in total. The fourth-order valence-electron chi connectivity index (χ4n) is 3.46. The number of benzene rings is 3. The number of aryl methyl sites for hydroxylation is 1. The highest BCUT2D eigenvalue weighted by molar-refractivity contribution is 6.17. The highest BCUT2D eigenvalue weighted by Crippen LogP contribution is 2.49. The van der Waals surface area contributed by atoms with Gasteiger partial charge in [-0.1, -0.05) is 66.2 Å². The van der Waals surface area contributed by atoms with Crippen LogP contribution in [0.2, 0.25) is 0 Å². The average molecular weight is 384 g/mol. The zero-order chi connectivity index (χ0) is 20.3. The van der Waals surface area contributed by atoms with Crippen molar-refractivity contribution in [2.45, 2.75) is 26.3 Å². The van der Waals surface area contributed by atoms with Gasteiger partial charge in [0.15, 0.2) is 0 Å². The molecular formula is C25H24N2O2. The molecule has 0 saturated heterocycles. The second-order valence-corrected chi connectivity index (χ2v) is 7.61. The lowest BCUT2D eigenvalue weighted by Crippen LogP contribution is -2.43. The van der Waals surface area contributed by atoms with Crippen molar-refractivity contribution in [3.05, 3.63) is 96.1 Å². The van der Waals surface area contributed by atoms with Gasteiger partial charge < -0.3 is 10.2 Å². The van der Waals surface area contributed by atoms with Crippen molar-refractivity contribution >= 4 is 23.2 Å². The second-order valence-electron chi connectivity index (χ2n) is 7.61. The Morgan fingerprint density at radius 3 is 2.03 bits per heavy atom. The second kappa shape index (κ2) is 7.92. The fraction of sp³-hybridized carbons (Fsp3) is 0.200. The molecule has 0 spiro atoms. The fourth-order valence-corrected chi connectivity index (χ4v) is 3.46. The molecule has 1 aliphatic rings. The third kappa shape index (κ3) is 4.06. The quantitative estimate of drug-likeness (QED) is 0.612. The van der Waals surface area contributed by atoms with Gasteiger partial charge in [-0.15, -0.1) is 0 Å². The van der Waals surface area contributed by atoms with Crippen LogP contribution in [-0.2, 0) is 16.1 Å². The molecule has 4 nitrogen and oxygen atoms in total. The topological polar surface area (TPSA) is 49.4 Å². The number of nitrogens with one attached hydrogen (secondary N) is 1. The van der Waals surface area contributed by atoms with Crippen LogP contribution in [0.1, 0.15) is 24.0 Å². The number of hydrogen-bond donors (Lipinski definition) is 1. The molecule has 4 rings (SSSR count). The van der Waals surface area contributed by atoms with Crippen LogP contribution in [0.5, 0.6) is 0 Å². The maximum Gasteiger partial charge on any atom is 0.243 e. The highest BCUT2D eigenvalue weighted by Gasteiger charge is 2.58. The number of carbonyl (C=O) groups is 2. The minimum atomic E-state index is -0.991. The van der Waals surface area contributed by atoms with E-state index in [0.29, 0.717) is 25.1 Å². The van der Waals surface area contributed by atoms with Gasteiger partial charge in [-0.3, -0.25) is 9.59 Å². The number of hydrogen-bond acceptors (Lipinski definition) is 2. The largest absolute Gasteiger partial charge is 0.325 e. The van der Waals surface area contributed by atoms with Gasteiger partial charge in [0.1, 0.15) is 5.41 Å². The minimum absolute atomic E-state index is 0.142. The summed E-state index contributed by atoms with van der Waals surface area (Å²) in [5.41, 5.74) is 2.68. The molecule has 1 fully saturated rings. The van der Waals surface area contributed by atoms with Gasteiger partial charge in [0.05, 0.1) is 6.54 Å². The molecule has 0 unspecified atom stereocenters. The van der Waals surface area contributed by atoms with Crippen molar-refractivity contribution in [1.82, 2.24) is 0 Å². The van der Waals surface area contributed by atoms with E-state index in [1.807, 2.05) is 91.9 Å². The Labute approximate surface area is 171 Å². The number of nitrogens with zero attached hydrogens (tertiary/aromatic N) is 1. The van der Waals surface area contributed by atoms with Crippen molar-refractivity contribution in [3.63, 3.8) is 0 Å². The summed E-state index contributed by atoms with van der Waals surface area (Å²) in [7, 11) is 0. The molecule has 3 aromatic carbocycles. The Morgan fingerprint density at radius 1 is 0.862 bits per heavy atom. The maximum atomic E-state index is 13.6. The van der Waals surface area contributed by atoms with Crippen LogP contribution < -0.4 is 10.2 Å². The monoisotopic (exact) mass is 384 g/mol. The van der Waals surface area contributed by atoms with Crippen LogP contribution in [0.3, 0.4) is 0 Å². The summed E-state index contributed by atoms with van der Waals surface area (Å²) >= 11 is 0. The molecule has 146 valence electrons. The lowest BCUT2D eigenvalue weighted by Gasteiger charge is -2.27. The molecule has 0 aromatic heterocycles. The lowest BCUT2D eigenvalue weighted by atomic mass is 10.0. The van der Waals surface area contributed by atoms with E-state index in [9.17, 15) is 9.59 Å². The summed E-state index contributed by atoms with van der Waals surface area (Å²) in [6, 6.07) is 27.1. The number of anilines is 2. The molecule has 0 bridgehead atoms. The first-order chi connectivity index (χ1) is 14.1. The van der Waals surface area contributed by atoms with E-state index in [4.69, 9.17) is 0 Å². The van der Waals surface area contributed by atoms with E-state index in [2.05, 4.69) is 5.32 Å². The van der Waals surface area contributed by atoms with Crippen LogP contribution in [0.25, 0.3) is 0 Å². The molecule has 0 radical (unpaired) electrons. The standard InChI is InChI=1S/C25H24N2O2/c1-19-12-14-21(15-13-19)26-23(28)25(16-17-25)24(29)27(22-10-6-3-7-11-22)18-20-8-4-2-5-9-20/h2-15H,16-18H2,1H3,(H,26,28). The van der Waals surface area contributed by atoms with Gasteiger partial charge in [0.2, 0.25) is 11.8 Å². The van der Waals surface area contributed by atoms with E-state index < -0.39 is 5.41 Å². The minimum Gasteiger partial charge on any atom is -0.325 e. The molecule has 0 atom stereocenters. The number of carbonyl (C=O) groups excluding carboxylic acids is 2. The third-order valence-electron chi connectivity index (χ3n) is 5.40. The first-order valence-electron chi connectivity index (χ1n) is 9.88. The van der Waals surface area contributed by atoms with Gasteiger partial charge in [0, 0.05) is 11.4 Å². The normalized spacial score (nSPS) is 14.1. The molecular weight excluding hydrogens is 360 g/mol. The Morgan fingerprint density at radius 2 is 1.45 bits per heavy atom. The summed E-state index contributed by atoms with van der Waals surface area (Å²) in [5.74, 6) is -0.363. The van der Waals surface area contributed by atoms with Crippen molar-refractivity contribution in [2.24, 2.45) is 5.41 Å². The van der Waals surface area contributed by atoms with E-state index in [0.717, 1.165) is 16.8 Å². The summed E-state index contributed by atoms with van der Waals surface area (Å²) in [5, 5.41) is 2.94. The number of para-hydroxylation sites is 1. The van der Waals surface area contributed by atoms with Crippen LogP contribution >= 0.6 is 0 Å². The van der Waals surface area contributed by atoms with Gasteiger partial charge in [0.25, 0.3) is 0 Å². The summed E-state index contributed by atoms with van der Waals surface area (Å²) < 4.78 is 0. The Hall–Kier alpha value is -3.40. The van der Waals surface area contributed by atoms with Crippen molar-refractivity contribution in [2.75, 3.05) is 10.2 Å². The van der Waals surface area contributed by atoms with Gasteiger partial charge >= 0.3 is 0 Å². The van der Waals surface area contributed by atoms with Gasteiger partial charge in [-0.25, -0.2) is 0 Å². The molecule has 0 aliphatic heterocycles. The van der Waals surface area contributed by atoms with Crippen LogP contribution in [0, 0.1) is 12.3 Å². The number of amides is 2. The van der Waals surface area contributed by atoms with Crippen molar-refractivity contribution in [1.29, 1.82) is 0 Å². The maximum absolute atomic E-state index is 13.6. The molecule has 1 aliphatic carbocycles. The Kier molecular flexibility index (Phi) is 5.17. The Balaban J connectivity index is 1.59. The highest BCUT2D eigenvalue weighted by atomic mass is 16.2. The van der Waals surface area contributed by atoms with Crippen LogP contribution in [0.15, 0.2) is 84.9 Å². The smallest absolute Gasteiger partial charge is 0.243 e. The zero-order valence-corrected chi connectivity index (χ0v) is 16.5. The van der Waals surface area contributed by atoms with Crippen molar-refractivity contribution < 1.29 is 9.59 Å². The van der Waals surface area contributed by atoms with E-state index in [1.54, 1.807) is 4.90 Å². The molecule has 0 heterocycles. The molecule has 1 saturated carbocycles. The van der Waals surface area contributed by atoms with Crippen molar-refractivity contribution in [3.8, 4) is 0 Å².